The van der Waals surface area contributed by atoms with Crippen LogP contribution in [0.5, 0.6) is 0 Å². The Morgan fingerprint density at radius 2 is 1.38 bits per heavy atom. The average Bonchev–Trinajstić information content (AvgIpc) is 3.83. The molecule has 20 unspecified atom stereocenters. The van der Waals surface area contributed by atoms with Gasteiger partial charge in [-0.3, -0.25) is 38.4 Å². The molecule has 27 nitrogen and oxygen atoms in total. The molecular weight excluding hydrogens is 1050 g/mol. The SMILES string of the molecule is CCC(C)CCCCCCCCC(CC(=O)OC1CN(C)C(C(OC2OC(CN)C(O)C2O)C2OC(n3ccc(=O)[nH]c3=O)C(O)C2O)C(=O)N(C)C1C(=O)O)OC(=O)CC(C)CC(=O)OC1OC(C)C(OC)C(OC)C1OC. The molecule has 0 spiro atoms. The maximum Gasteiger partial charge on any atom is 0.330 e. The number of aromatic nitrogens is 2. The Bertz CT molecular complexity index is 2250. The van der Waals surface area contributed by atoms with Crippen LogP contribution in [0.4, 0.5) is 0 Å². The first-order valence-electron chi connectivity index (χ1n) is 27.2. The third-order valence-corrected chi connectivity index (χ3v) is 15.4. The molecule has 27 heteroatoms. The zero-order chi connectivity index (χ0) is 58.4. The number of unbranched alkanes of at least 4 members (excludes halogenated alkanes) is 5. The number of H-pyrrole nitrogens is 1. The van der Waals surface area contributed by atoms with Crippen LogP contribution < -0.4 is 17.0 Å². The second kappa shape index (κ2) is 30.5. The maximum atomic E-state index is 14.7. The molecule has 0 radical (unpaired) electrons. The van der Waals surface area contributed by atoms with Crippen LogP contribution in [-0.4, -0.2) is 227 Å². The number of aliphatic carboxylic acids is 1. The van der Waals surface area contributed by atoms with Gasteiger partial charge in [-0.1, -0.05) is 65.7 Å². The standard InChI is InChI=1S/C52H85N5O22/c1-10-26(2)17-15-13-11-12-14-16-18-29(74-33(59)21-27(3)22-34(60)77-51-46(72-9)45(71-8)42(70-7)28(4)73-51)23-35(61)75-31-25-55(5)37(47(66)56(6)36(31)49(67)68)43(79-50-41(65)38(62)30(24-53)76-50)44-39(63)40(64)48(78-44)57-20-19-32(58)54-52(57)69/h19-20,26-31,36-46,48,50-51,62-65H,10-18,21-25,53H2,1-9H3,(H,67,68)(H,54,58,69). The fourth-order valence-electron chi connectivity index (χ4n) is 10.8. The molecule has 4 aliphatic heterocycles. The number of nitrogens with one attached hydrogen (secondary N) is 1. The minimum Gasteiger partial charge on any atom is -0.480 e. The lowest BCUT2D eigenvalue weighted by molar-refractivity contribution is -0.297. The fraction of sp³-hybridized carbons (Fsp3) is 0.827. The van der Waals surface area contributed by atoms with Crippen LogP contribution in [0.15, 0.2) is 21.9 Å². The first-order chi connectivity index (χ1) is 37.5. The van der Waals surface area contributed by atoms with Crippen LogP contribution in [0.1, 0.15) is 111 Å². The molecule has 450 valence electrons. The van der Waals surface area contributed by atoms with Crippen molar-refractivity contribution in [3.05, 3.63) is 33.1 Å². The molecule has 1 aromatic rings. The van der Waals surface area contributed by atoms with Crippen molar-refractivity contribution in [2.45, 2.75) is 215 Å². The summed E-state index contributed by atoms with van der Waals surface area (Å²) in [4.78, 5) is 97.6. The quantitative estimate of drug-likeness (QED) is 0.0296. The number of aliphatic hydroxyl groups is 4. The van der Waals surface area contributed by atoms with E-state index in [4.69, 9.17) is 53.1 Å². The van der Waals surface area contributed by atoms with E-state index >= 15 is 0 Å². The van der Waals surface area contributed by atoms with Gasteiger partial charge >= 0.3 is 29.6 Å². The summed E-state index contributed by atoms with van der Waals surface area (Å²) in [5.74, 6) is -4.93. The van der Waals surface area contributed by atoms with Crippen molar-refractivity contribution in [3.8, 4) is 0 Å². The number of nitrogens with two attached hydrogens (primary N) is 1. The summed E-state index contributed by atoms with van der Waals surface area (Å²) in [7, 11) is 6.87. The third-order valence-electron chi connectivity index (χ3n) is 15.4. The van der Waals surface area contributed by atoms with E-state index in [0.29, 0.717) is 12.3 Å². The van der Waals surface area contributed by atoms with Crippen molar-refractivity contribution < 1.29 is 96.9 Å². The number of esters is 3. The van der Waals surface area contributed by atoms with Gasteiger partial charge < -0.3 is 83.5 Å². The Morgan fingerprint density at radius 3 is 1.97 bits per heavy atom. The van der Waals surface area contributed by atoms with Gasteiger partial charge in [-0.25, -0.2) is 9.59 Å². The van der Waals surface area contributed by atoms with Crippen LogP contribution in [0.25, 0.3) is 0 Å². The van der Waals surface area contributed by atoms with E-state index in [1.54, 1.807) is 13.8 Å². The number of carbonyl (C=O) groups excluding carboxylic acids is 4. The van der Waals surface area contributed by atoms with Crippen LogP contribution in [0.2, 0.25) is 0 Å². The number of aliphatic hydroxyl groups excluding tert-OH is 4. The monoisotopic (exact) mass is 1130 g/mol. The number of hydrogen-bond acceptors (Lipinski definition) is 23. The van der Waals surface area contributed by atoms with Crippen molar-refractivity contribution in [2.75, 3.05) is 48.5 Å². The number of carboxylic acid groups (broad SMARTS) is 1. The Balaban J connectivity index is 1.33. The number of methoxy groups -OCH3 is 3. The van der Waals surface area contributed by atoms with Crippen LogP contribution in [-0.2, 0) is 71.3 Å². The van der Waals surface area contributed by atoms with Crippen molar-refractivity contribution in [2.24, 2.45) is 17.6 Å². The molecule has 4 aliphatic rings. The predicted molar refractivity (Wildman–Crippen MR) is 274 cm³/mol. The summed E-state index contributed by atoms with van der Waals surface area (Å²) in [6.45, 7) is 6.99. The Hall–Kier alpha value is -4.49. The van der Waals surface area contributed by atoms with Crippen LogP contribution in [0, 0.1) is 11.8 Å². The highest BCUT2D eigenvalue weighted by molar-refractivity contribution is 5.88. The highest BCUT2D eigenvalue weighted by Crippen LogP contribution is 2.37. The van der Waals surface area contributed by atoms with Gasteiger partial charge in [0.15, 0.2) is 18.6 Å². The second-order valence-corrected chi connectivity index (χ2v) is 21.3. The molecule has 4 saturated heterocycles. The zero-order valence-electron chi connectivity index (χ0n) is 46.7. The number of nitrogens with zero attached hydrogens (tertiary/aromatic N) is 3. The van der Waals surface area contributed by atoms with Crippen molar-refractivity contribution in [1.29, 1.82) is 0 Å². The lowest BCUT2D eigenvalue weighted by atomic mass is 9.97. The van der Waals surface area contributed by atoms with Gasteiger partial charge in [-0.15, -0.1) is 0 Å². The number of likely N-dealkylation sites (N-methyl/N-ethyl adjacent to an activating group) is 2. The number of hydrogen-bond donors (Lipinski definition) is 7. The number of ether oxygens (including phenoxy) is 10. The summed E-state index contributed by atoms with van der Waals surface area (Å²) in [5, 5.41) is 55.2. The van der Waals surface area contributed by atoms with Gasteiger partial charge in [-0.05, 0) is 38.6 Å². The summed E-state index contributed by atoms with van der Waals surface area (Å²) < 4.78 is 58.7. The Morgan fingerprint density at radius 1 is 0.759 bits per heavy atom. The smallest absolute Gasteiger partial charge is 0.330 e. The van der Waals surface area contributed by atoms with Gasteiger partial charge in [0.1, 0.15) is 79.3 Å². The van der Waals surface area contributed by atoms with E-state index in [0.717, 1.165) is 73.7 Å². The summed E-state index contributed by atoms with van der Waals surface area (Å²) in [6.07, 6.45) is -13.9. The predicted octanol–water partition coefficient (Wildman–Crippen LogP) is -0.698. The highest BCUT2D eigenvalue weighted by atomic mass is 16.7. The molecule has 4 fully saturated rings. The van der Waals surface area contributed by atoms with E-state index in [9.17, 15) is 59.1 Å². The van der Waals surface area contributed by atoms with E-state index < -0.39 is 170 Å². The van der Waals surface area contributed by atoms with Crippen molar-refractivity contribution >= 4 is 29.8 Å². The van der Waals surface area contributed by atoms with Gasteiger partial charge in [0, 0.05) is 66.6 Å². The molecule has 0 saturated carbocycles. The van der Waals surface area contributed by atoms with E-state index in [2.05, 4.69) is 13.8 Å². The molecule has 0 aliphatic carbocycles. The number of carboxylic acids is 1. The number of amides is 1. The first kappa shape index (κ1) is 65.3. The maximum absolute atomic E-state index is 14.7. The normalized spacial score (nSPS) is 32.9. The summed E-state index contributed by atoms with van der Waals surface area (Å²) in [5.41, 5.74) is 3.94. The number of aromatic amines is 1. The summed E-state index contributed by atoms with van der Waals surface area (Å²) in [6, 6.07) is -2.60. The lowest BCUT2D eigenvalue weighted by Gasteiger charge is -2.43. The molecule has 0 aromatic carbocycles. The number of carbonyl (C=O) groups is 5. The molecule has 0 bridgehead atoms. The molecule has 79 heavy (non-hydrogen) atoms. The van der Waals surface area contributed by atoms with E-state index in [1.807, 2.05) is 4.98 Å². The molecule has 5 rings (SSSR count). The third kappa shape index (κ3) is 16.8. The van der Waals surface area contributed by atoms with Gasteiger partial charge in [0.05, 0.1) is 12.5 Å². The molecule has 5 heterocycles. The van der Waals surface area contributed by atoms with Crippen molar-refractivity contribution in [3.63, 3.8) is 0 Å². The van der Waals surface area contributed by atoms with Gasteiger partial charge in [0.2, 0.25) is 12.2 Å². The van der Waals surface area contributed by atoms with Gasteiger partial charge in [0.25, 0.3) is 5.56 Å². The Kier molecular flexibility index (Phi) is 25.2. The minimum absolute atomic E-state index is 0.216. The molecule has 1 amide bonds. The van der Waals surface area contributed by atoms with E-state index in [-0.39, 0.29) is 25.8 Å². The van der Waals surface area contributed by atoms with Crippen molar-refractivity contribution in [1.82, 2.24) is 19.4 Å². The topological polar surface area (TPSA) is 366 Å². The second-order valence-electron chi connectivity index (χ2n) is 21.3. The minimum atomic E-state index is -1.97. The van der Waals surface area contributed by atoms with Crippen LogP contribution >= 0.6 is 0 Å². The molecule has 20 atom stereocenters. The van der Waals surface area contributed by atoms with E-state index in [1.165, 1.54) is 33.3 Å². The highest BCUT2D eigenvalue weighted by Gasteiger charge is 2.57. The summed E-state index contributed by atoms with van der Waals surface area (Å²) >= 11 is 0. The zero-order valence-corrected chi connectivity index (χ0v) is 46.7. The number of rotatable bonds is 29. The molecular formula is C52H85N5O22. The van der Waals surface area contributed by atoms with Crippen LogP contribution in [0.3, 0.4) is 0 Å². The first-order valence-corrected chi connectivity index (χ1v) is 27.2. The van der Waals surface area contributed by atoms with Gasteiger partial charge in [-0.2, -0.15) is 0 Å². The molecule has 8 N–H and O–H groups in total. The Labute approximate surface area is 459 Å². The average molecular weight is 1130 g/mol. The fourth-order valence-corrected chi connectivity index (χ4v) is 10.8. The largest absolute Gasteiger partial charge is 0.480 e. The lowest BCUT2D eigenvalue weighted by Crippen LogP contribution is -2.59. The molecule has 1 aromatic heterocycles.